The topological polar surface area (TPSA) is 46.9 Å². The minimum absolute atomic E-state index is 0.0633. The number of hydrogen-bond acceptors (Lipinski definition) is 3. The Kier molecular flexibility index (Phi) is 6.07. The van der Waals surface area contributed by atoms with Crippen LogP contribution in [0.5, 0.6) is 0 Å². The molecule has 1 fully saturated rings. The lowest BCUT2D eigenvalue weighted by Gasteiger charge is -2.26. The van der Waals surface area contributed by atoms with E-state index >= 15 is 0 Å². The molecular weight excluding hydrogens is 354 g/mol. The van der Waals surface area contributed by atoms with E-state index in [0.29, 0.717) is 22.5 Å². The number of nitrogens with one attached hydrogen (secondary N) is 1. The summed E-state index contributed by atoms with van der Waals surface area (Å²) < 4.78 is 2.35. The van der Waals surface area contributed by atoms with Crippen molar-refractivity contribution >= 4 is 35.0 Å². The molecule has 25 heavy (non-hydrogen) atoms. The number of carbonyl (C=O) groups is 1. The van der Waals surface area contributed by atoms with Crippen LogP contribution in [0.25, 0.3) is 0 Å². The van der Waals surface area contributed by atoms with Crippen LogP contribution in [0.3, 0.4) is 0 Å². The van der Waals surface area contributed by atoms with E-state index in [0.717, 1.165) is 10.9 Å². The summed E-state index contributed by atoms with van der Waals surface area (Å²) in [7, 11) is 0. The van der Waals surface area contributed by atoms with Crippen molar-refractivity contribution in [1.29, 1.82) is 0 Å². The third kappa shape index (κ3) is 4.39. The van der Waals surface area contributed by atoms with Gasteiger partial charge in [-0.2, -0.15) is 0 Å². The first kappa shape index (κ1) is 18.3. The molecule has 1 N–H and O–H groups in total. The van der Waals surface area contributed by atoms with Crippen molar-refractivity contribution in [2.24, 2.45) is 0 Å². The van der Waals surface area contributed by atoms with E-state index < -0.39 is 0 Å². The molecule has 1 heterocycles. The van der Waals surface area contributed by atoms with Crippen molar-refractivity contribution in [2.75, 3.05) is 11.1 Å². The van der Waals surface area contributed by atoms with Crippen molar-refractivity contribution in [3.63, 3.8) is 0 Å². The summed E-state index contributed by atoms with van der Waals surface area (Å²) in [5.41, 5.74) is 2.93. The number of anilines is 1. The number of thioether (sulfide) groups is 1. The molecule has 1 amide bonds. The van der Waals surface area contributed by atoms with E-state index in [4.69, 9.17) is 16.6 Å². The number of amides is 1. The maximum Gasteiger partial charge on any atom is 0.234 e. The van der Waals surface area contributed by atoms with Gasteiger partial charge in [0.15, 0.2) is 5.16 Å². The van der Waals surface area contributed by atoms with Crippen LogP contribution in [-0.2, 0) is 4.79 Å². The maximum atomic E-state index is 12.3. The van der Waals surface area contributed by atoms with Crippen LogP contribution < -0.4 is 5.32 Å². The summed E-state index contributed by atoms with van der Waals surface area (Å²) in [4.78, 5) is 17.0. The second-order valence-electron chi connectivity index (χ2n) is 6.54. The number of rotatable bonds is 5. The zero-order valence-corrected chi connectivity index (χ0v) is 16.3. The van der Waals surface area contributed by atoms with Gasteiger partial charge in [0.25, 0.3) is 0 Å². The normalized spacial score (nSPS) is 15.3. The lowest BCUT2D eigenvalue weighted by molar-refractivity contribution is -0.113. The van der Waals surface area contributed by atoms with Gasteiger partial charge < -0.3 is 9.88 Å². The highest BCUT2D eigenvalue weighted by Crippen LogP contribution is 2.34. The molecule has 4 nitrogen and oxygen atoms in total. The molecule has 0 atom stereocenters. The van der Waals surface area contributed by atoms with E-state index in [9.17, 15) is 4.79 Å². The van der Waals surface area contributed by atoms with Crippen LogP contribution in [0.1, 0.15) is 49.5 Å². The third-order valence-electron chi connectivity index (χ3n) is 4.77. The van der Waals surface area contributed by atoms with E-state index in [1.165, 1.54) is 49.6 Å². The quantitative estimate of drug-likeness (QED) is 0.710. The maximum absolute atomic E-state index is 12.3. The molecule has 1 aromatic carbocycles. The van der Waals surface area contributed by atoms with E-state index in [-0.39, 0.29) is 5.91 Å². The predicted octanol–water partition coefficient (Wildman–Crippen LogP) is 5.39. The molecule has 1 saturated carbocycles. The van der Waals surface area contributed by atoms with Gasteiger partial charge in [-0.25, -0.2) is 4.98 Å². The lowest BCUT2D eigenvalue weighted by Crippen LogP contribution is -2.17. The number of halogens is 1. The van der Waals surface area contributed by atoms with Crippen molar-refractivity contribution in [3.8, 4) is 0 Å². The molecular formula is C19H24ClN3OS. The average Bonchev–Trinajstić information content (AvgIpc) is 2.90. The second kappa shape index (κ2) is 8.28. The Morgan fingerprint density at radius 3 is 2.72 bits per heavy atom. The highest BCUT2D eigenvalue weighted by atomic mass is 35.5. The smallest absolute Gasteiger partial charge is 0.234 e. The van der Waals surface area contributed by atoms with Gasteiger partial charge in [-0.3, -0.25) is 4.79 Å². The number of imidazole rings is 1. The summed E-state index contributed by atoms with van der Waals surface area (Å²) in [6.45, 7) is 4.17. The lowest BCUT2D eigenvalue weighted by atomic mass is 9.95. The van der Waals surface area contributed by atoms with Crippen molar-refractivity contribution in [2.45, 2.75) is 57.1 Å². The fraction of sp³-hybridized carbons (Fsp3) is 0.474. The zero-order valence-electron chi connectivity index (χ0n) is 14.7. The Hall–Kier alpha value is -1.46. The first-order chi connectivity index (χ1) is 12.1. The van der Waals surface area contributed by atoms with Crippen molar-refractivity contribution in [1.82, 2.24) is 9.55 Å². The van der Waals surface area contributed by atoms with Gasteiger partial charge >= 0.3 is 0 Å². The van der Waals surface area contributed by atoms with Gasteiger partial charge in [0.05, 0.1) is 22.2 Å². The second-order valence-corrected chi connectivity index (χ2v) is 7.89. The van der Waals surface area contributed by atoms with Crippen LogP contribution in [0.2, 0.25) is 5.02 Å². The first-order valence-corrected chi connectivity index (χ1v) is 10.1. The largest absolute Gasteiger partial charge is 0.324 e. The Morgan fingerprint density at radius 2 is 2.00 bits per heavy atom. The standard InChI is InChI=1S/C19H24ClN3OS/c1-13-14(2)23(15-8-4-3-5-9-15)19(21-13)25-12-18(24)22-17-11-7-6-10-16(17)20/h6-7,10-11,15H,3-5,8-9,12H2,1-2H3,(H,22,24). The molecule has 6 heteroatoms. The fourth-order valence-electron chi connectivity index (χ4n) is 3.35. The number of nitrogens with zero attached hydrogens (tertiary/aromatic N) is 2. The predicted molar refractivity (Wildman–Crippen MR) is 105 cm³/mol. The first-order valence-electron chi connectivity index (χ1n) is 8.79. The van der Waals surface area contributed by atoms with Gasteiger partial charge in [-0.1, -0.05) is 54.8 Å². The molecule has 0 bridgehead atoms. The van der Waals surface area contributed by atoms with Crippen molar-refractivity contribution < 1.29 is 4.79 Å². The number of aryl methyl sites for hydroxylation is 1. The highest BCUT2D eigenvalue weighted by Gasteiger charge is 2.22. The summed E-state index contributed by atoms with van der Waals surface area (Å²) in [6, 6.07) is 7.80. The van der Waals surface area contributed by atoms with E-state index in [2.05, 4.69) is 16.8 Å². The molecule has 0 radical (unpaired) electrons. The molecule has 134 valence electrons. The molecule has 3 rings (SSSR count). The van der Waals surface area contributed by atoms with Crippen LogP contribution in [-0.4, -0.2) is 21.2 Å². The summed E-state index contributed by atoms with van der Waals surface area (Å²) in [5, 5.41) is 4.38. The number of para-hydroxylation sites is 1. The molecule has 1 aromatic heterocycles. The minimum Gasteiger partial charge on any atom is -0.324 e. The van der Waals surface area contributed by atoms with Gasteiger partial charge in [0.1, 0.15) is 0 Å². The third-order valence-corrected chi connectivity index (χ3v) is 6.06. The molecule has 0 unspecified atom stereocenters. The number of carbonyl (C=O) groups excluding carboxylic acids is 1. The molecule has 2 aromatic rings. The molecule has 0 spiro atoms. The molecule has 1 aliphatic carbocycles. The fourth-order valence-corrected chi connectivity index (χ4v) is 4.49. The SMILES string of the molecule is Cc1nc(SCC(=O)Nc2ccccc2Cl)n(C2CCCCC2)c1C. The van der Waals surface area contributed by atoms with Gasteiger partial charge in [0, 0.05) is 11.7 Å². The van der Waals surface area contributed by atoms with Crippen LogP contribution >= 0.6 is 23.4 Å². The van der Waals surface area contributed by atoms with Crippen LogP contribution in [0, 0.1) is 13.8 Å². The van der Waals surface area contributed by atoms with Gasteiger partial charge in [-0.15, -0.1) is 0 Å². The monoisotopic (exact) mass is 377 g/mol. The van der Waals surface area contributed by atoms with Crippen LogP contribution in [0.4, 0.5) is 5.69 Å². The number of aromatic nitrogens is 2. The molecule has 1 aliphatic rings. The van der Waals surface area contributed by atoms with Crippen LogP contribution in [0.15, 0.2) is 29.4 Å². The zero-order chi connectivity index (χ0) is 17.8. The Morgan fingerprint density at radius 1 is 1.28 bits per heavy atom. The Bertz CT molecular complexity index is 753. The Labute approximate surface area is 158 Å². The number of benzene rings is 1. The highest BCUT2D eigenvalue weighted by molar-refractivity contribution is 7.99. The summed E-state index contributed by atoms with van der Waals surface area (Å²) in [6.07, 6.45) is 6.29. The van der Waals surface area contributed by atoms with Crippen molar-refractivity contribution in [3.05, 3.63) is 40.7 Å². The average molecular weight is 378 g/mol. The number of hydrogen-bond donors (Lipinski definition) is 1. The minimum atomic E-state index is -0.0633. The summed E-state index contributed by atoms with van der Waals surface area (Å²) >= 11 is 7.60. The van der Waals surface area contributed by atoms with Gasteiger partial charge in [-0.05, 0) is 38.8 Å². The van der Waals surface area contributed by atoms with Gasteiger partial charge in [0.2, 0.25) is 5.91 Å². The summed E-state index contributed by atoms with van der Waals surface area (Å²) in [5.74, 6) is 0.264. The van der Waals surface area contributed by atoms with E-state index in [1.807, 2.05) is 25.1 Å². The Balaban J connectivity index is 1.67. The van der Waals surface area contributed by atoms with E-state index in [1.54, 1.807) is 6.07 Å². The molecule has 0 saturated heterocycles. The molecule has 0 aliphatic heterocycles.